The molecular formula is C11H12BrF2NO. The van der Waals surface area contributed by atoms with Crippen LogP contribution in [-0.2, 0) is 4.74 Å². The zero-order chi connectivity index (χ0) is 11.5. The molecule has 16 heavy (non-hydrogen) atoms. The van der Waals surface area contributed by atoms with Crippen LogP contribution >= 0.6 is 15.9 Å². The molecular weight excluding hydrogens is 280 g/mol. The van der Waals surface area contributed by atoms with Gasteiger partial charge in [-0.25, -0.2) is 8.78 Å². The number of ether oxygens (including phenoxy) is 1. The summed E-state index contributed by atoms with van der Waals surface area (Å²) in [6, 6.07) is 2.32. The summed E-state index contributed by atoms with van der Waals surface area (Å²) in [5, 5.41) is 3.08. The van der Waals surface area contributed by atoms with Crippen LogP contribution in [0.2, 0.25) is 0 Å². The summed E-state index contributed by atoms with van der Waals surface area (Å²) in [5.41, 5.74) is 0.327. The monoisotopic (exact) mass is 291 g/mol. The van der Waals surface area contributed by atoms with Crippen molar-refractivity contribution >= 4 is 21.6 Å². The molecule has 0 spiro atoms. The normalized spacial score (nSPS) is 17.4. The lowest BCUT2D eigenvalue weighted by molar-refractivity contribution is 0.0903. The maximum Gasteiger partial charge on any atom is 0.150 e. The number of hydrogen-bond donors (Lipinski definition) is 1. The van der Waals surface area contributed by atoms with E-state index in [1.54, 1.807) is 0 Å². The number of benzene rings is 1. The molecule has 0 saturated carbocycles. The van der Waals surface area contributed by atoms with Gasteiger partial charge in [-0.1, -0.05) is 0 Å². The molecule has 0 aliphatic carbocycles. The Morgan fingerprint density at radius 2 is 1.94 bits per heavy atom. The number of rotatable bonds is 2. The maximum absolute atomic E-state index is 13.5. The first-order valence-corrected chi connectivity index (χ1v) is 5.95. The Bertz CT molecular complexity index is 357. The van der Waals surface area contributed by atoms with E-state index < -0.39 is 11.6 Å². The first-order valence-electron chi connectivity index (χ1n) is 5.15. The van der Waals surface area contributed by atoms with Gasteiger partial charge in [0.15, 0.2) is 0 Å². The zero-order valence-electron chi connectivity index (χ0n) is 8.60. The second-order valence-corrected chi connectivity index (χ2v) is 4.63. The number of halogens is 3. The van der Waals surface area contributed by atoms with Gasteiger partial charge in [-0.15, -0.1) is 0 Å². The van der Waals surface area contributed by atoms with Crippen molar-refractivity contribution in [3.63, 3.8) is 0 Å². The summed E-state index contributed by atoms with van der Waals surface area (Å²) < 4.78 is 32.0. The molecule has 1 aromatic carbocycles. The van der Waals surface area contributed by atoms with Gasteiger partial charge in [0, 0.05) is 29.8 Å². The van der Waals surface area contributed by atoms with Crippen LogP contribution < -0.4 is 5.32 Å². The highest BCUT2D eigenvalue weighted by molar-refractivity contribution is 9.10. The van der Waals surface area contributed by atoms with E-state index in [4.69, 9.17) is 4.74 Å². The third-order valence-corrected chi connectivity index (χ3v) is 3.20. The highest BCUT2D eigenvalue weighted by atomic mass is 79.9. The molecule has 1 aromatic rings. The Hall–Kier alpha value is -0.680. The largest absolute Gasteiger partial charge is 0.381 e. The van der Waals surface area contributed by atoms with Crippen LogP contribution in [0.3, 0.4) is 0 Å². The first kappa shape index (κ1) is 11.8. The van der Waals surface area contributed by atoms with Crippen LogP contribution in [0.1, 0.15) is 12.8 Å². The Morgan fingerprint density at radius 3 is 2.56 bits per heavy atom. The minimum Gasteiger partial charge on any atom is -0.381 e. The highest BCUT2D eigenvalue weighted by Gasteiger charge is 2.17. The number of anilines is 1. The van der Waals surface area contributed by atoms with Crippen molar-refractivity contribution in [2.24, 2.45) is 0 Å². The van der Waals surface area contributed by atoms with E-state index in [1.165, 1.54) is 6.07 Å². The van der Waals surface area contributed by atoms with Crippen LogP contribution in [-0.4, -0.2) is 19.3 Å². The molecule has 0 bridgehead atoms. The molecule has 1 aliphatic heterocycles. The lowest BCUT2D eigenvalue weighted by atomic mass is 10.1. The van der Waals surface area contributed by atoms with Gasteiger partial charge < -0.3 is 10.1 Å². The standard InChI is InChI=1S/C11H12BrF2NO/c12-9-5-7(13)6-10(14)11(9)15-8-1-3-16-4-2-8/h5-6,8,15H,1-4H2. The maximum atomic E-state index is 13.5. The van der Waals surface area contributed by atoms with Crippen molar-refractivity contribution in [1.82, 2.24) is 0 Å². The Labute approximate surface area is 101 Å². The smallest absolute Gasteiger partial charge is 0.150 e. The van der Waals surface area contributed by atoms with E-state index in [-0.39, 0.29) is 6.04 Å². The fourth-order valence-electron chi connectivity index (χ4n) is 1.73. The van der Waals surface area contributed by atoms with Crippen LogP contribution in [0.15, 0.2) is 16.6 Å². The molecule has 2 rings (SSSR count). The quantitative estimate of drug-likeness (QED) is 0.903. The summed E-state index contributed by atoms with van der Waals surface area (Å²) in [7, 11) is 0. The van der Waals surface area contributed by atoms with Gasteiger partial charge in [0.25, 0.3) is 0 Å². The SMILES string of the molecule is Fc1cc(F)c(NC2CCOCC2)c(Br)c1. The zero-order valence-corrected chi connectivity index (χ0v) is 10.2. The third-order valence-electron chi connectivity index (χ3n) is 2.58. The van der Waals surface area contributed by atoms with Crippen LogP contribution in [0, 0.1) is 11.6 Å². The molecule has 1 saturated heterocycles. The average Bonchev–Trinajstić information content (AvgIpc) is 2.25. The molecule has 88 valence electrons. The predicted molar refractivity (Wildman–Crippen MR) is 61.5 cm³/mol. The van der Waals surface area contributed by atoms with E-state index in [1.807, 2.05) is 0 Å². The van der Waals surface area contributed by atoms with Gasteiger partial charge >= 0.3 is 0 Å². The van der Waals surface area contributed by atoms with Crippen molar-refractivity contribution in [2.45, 2.75) is 18.9 Å². The van der Waals surface area contributed by atoms with Gasteiger partial charge in [-0.05, 0) is 34.8 Å². The first-order chi connectivity index (χ1) is 7.66. The van der Waals surface area contributed by atoms with E-state index >= 15 is 0 Å². The van der Waals surface area contributed by atoms with Gasteiger partial charge in [0.1, 0.15) is 11.6 Å². The van der Waals surface area contributed by atoms with E-state index in [2.05, 4.69) is 21.2 Å². The molecule has 2 nitrogen and oxygen atoms in total. The minimum absolute atomic E-state index is 0.185. The van der Waals surface area contributed by atoms with Crippen LogP contribution in [0.5, 0.6) is 0 Å². The van der Waals surface area contributed by atoms with Crippen molar-refractivity contribution < 1.29 is 13.5 Å². The third kappa shape index (κ3) is 2.71. The summed E-state index contributed by atoms with van der Waals surface area (Å²) in [6.45, 7) is 1.36. The average molecular weight is 292 g/mol. The van der Waals surface area contributed by atoms with E-state index in [9.17, 15) is 8.78 Å². The van der Waals surface area contributed by atoms with Gasteiger partial charge in [0.2, 0.25) is 0 Å². The number of hydrogen-bond acceptors (Lipinski definition) is 2. The van der Waals surface area contributed by atoms with Crippen molar-refractivity contribution in [2.75, 3.05) is 18.5 Å². The molecule has 0 unspecified atom stereocenters. The molecule has 1 fully saturated rings. The summed E-state index contributed by atoms with van der Waals surface area (Å²) in [4.78, 5) is 0. The van der Waals surface area contributed by atoms with Gasteiger partial charge in [-0.2, -0.15) is 0 Å². The Kier molecular flexibility index (Phi) is 3.76. The van der Waals surface area contributed by atoms with E-state index in [0.29, 0.717) is 23.4 Å². The molecule has 1 N–H and O–H groups in total. The summed E-state index contributed by atoms with van der Waals surface area (Å²) in [5.74, 6) is -1.15. The van der Waals surface area contributed by atoms with Crippen LogP contribution in [0.25, 0.3) is 0 Å². The van der Waals surface area contributed by atoms with E-state index in [0.717, 1.165) is 18.9 Å². The molecule has 0 amide bonds. The lowest BCUT2D eigenvalue weighted by Gasteiger charge is -2.24. The molecule has 0 radical (unpaired) electrons. The number of nitrogens with one attached hydrogen (secondary N) is 1. The topological polar surface area (TPSA) is 21.3 Å². The predicted octanol–water partition coefficient (Wildman–Crippen LogP) is 3.32. The van der Waals surface area contributed by atoms with Crippen molar-refractivity contribution in [3.8, 4) is 0 Å². The molecule has 1 aliphatic rings. The Balaban J connectivity index is 2.14. The second kappa shape index (κ2) is 5.10. The summed E-state index contributed by atoms with van der Waals surface area (Å²) in [6.07, 6.45) is 1.67. The Morgan fingerprint density at radius 1 is 1.25 bits per heavy atom. The molecule has 5 heteroatoms. The van der Waals surface area contributed by atoms with Crippen molar-refractivity contribution in [1.29, 1.82) is 0 Å². The van der Waals surface area contributed by atoms with Crippen LogP contribution in [0.4, 0.5) is 14.5 Å². The molecule has 0 atom stereocenters. The van der Waals surface area contributed by atoms with Crippen molar-refractivity contribution in [3.05, 3.63) is 28.2 Å². The van der Waals surface area contributed by atoms with Gasteiger partial charge in [0.05, 0.1) is 5.69 Å². The summed E-state index contributed by atoms with van der Waals surface area (Å²) >= 11 is 3.15. The lowest BCUT2D eigenvalue weighted by Crippen LogP contribution is -2.28. The van der Waals surface area contributed by atoms with Gasteiger partial charge in [-0.3, -0.25) is 0 Å². The highest BCUT2D eigenvalue weighted by Crippen LogP contribution is 2.28. The fraction of sp³-hybridized carbons (Fsp3) is 0.455. The molecule has 1 heterocycles. The molecule has 0 aromatic heterocycles. The minimum atomic E-state index is -0.582. The fourth-order valence-corrected chi connectivity index (χ4v) is 2.25. The second-order valence-electron chi connectivity index (χ2n) is 3.78.